The third kappa shape index (κ3) is 7.00. The Labute approximate surface area is 205 Å². The molecular weight excluding hydrogens is 494 g/mol. The molecule has 3 rings (SSSR count). The number of aryl methyl sites for hydroxylation is 1. The molecule has 0 fully saturated rings. The van der Waals surface area contributed by atoms with Crippen LogP contribution in [0.1, 0.15) is 38.5 Å². The van der Waals surface area contributed by atoms with Crippen LogP contribution < -0.4 is 5.32 Å². The van der Waals surface area contributed by atoms with Gasteiger partial charge in [-0.1, -0.05) is 71.2 Å². The van der Waals surface area contributed by atoms with Gasteiger partial charge in [-0.2, -0.15) is 13.2 Å². The van der Waals surface area contributed by atoms with Gasteiger partial charge >= 0.3 is 6.18 Å². The number of carbonyl (C=O) groups is 1. The van der Waals surface area contributed by atoms with Crippen molar-refractivity contribution in [2.45, 2.75) is 25.6 Å². The number of rotatable bonds is 6. The van der Waals surface area contributed by atoms with E-state index in [1.54, 1.807) is 37.3 Å². The first-order chi connectivity index (χ1) is 15.5. The van der Waals surface area contributed by atoms with E-state index in [0.717, 1.165) is 11.6 Å². The predicted octanol–water partition coefficient (Wildman–Crippen LogP) is 8.24. The summed E-state index contributed by atoms with van der Waals surface area (Å²) < 4.78 is 41.0. The lowest BCUT2D eigenvalue weighted by molar-refractivity contribution is -0.139. The van der Waals surface area contributed by atoms with Crippen LogP contribution in [0.3, 0.4) is 0 Å². The number of halogens is 6. The molecular formula is C25H19Cl3F3NO. The zero-order valence-electron chi connectivity index (χ0n) is 17.4. The van der Waals surface area contributed by atoms with E-state index in [1.807, 2.05) is 12.1 Å². The summed E-state index contributed by atoms with van der Waals surface area (Å²) in [5.74, 6) is -2.16. The van der Waals surface area contributed by atoms with Crippen LogP contribution in [0, 0.1) is 6.92 Å². The first-order valence-corrected chi connectivity index (χ1v) is 11.0. The van der Waals surface area contributed by atoms with E-state index in [2.05, 4.69) is 5.32 Å². The van der Waals surface area contributed by atoms with Gasteiger partial charge in [0.1, 0.15) is 0 Å². The maximum absolute atomic E-state index is 13.7. The van der Waals surface area contributed by atoms with Gasteiger partial charge in [-0.25, -0.2) is 0 Å². The van der Waals surface area contributed by atoms with Crippen molar-refractivity contribution in [1.82, 2.24) is 5.32 Å². The number of carbonyl (C=O) groups excluding carboxylic acids is 1. The molecule has 0 aliphatic carbocycles. The molecule has 0 heterocycles. The van der Waals surface area contributed by atoms with Crippen molar-refractivity contribution in [3.05, 3.63) is 110 Å². The van der Waals surface area contributed by atoms with E-state index in [4.69, 9.17) is 34.8 Å². The minimum absolute atomic E-state index is 0.0498. The highest BCUT2D eigenvalue weighted by atomic mass is 35.5. The fraction of sp³-hybridized carbons (Fsp3) is 0.160. The number of alkyl halides is 3. The normalized spacial score (nSPS) is 12.7. The molecule has 2 nitrogen and oxygen atoms in total. The molecule has 172 valence electrons. The standard InChI is InChI=1S/C25H19Cl3F3NO/c1-15-10-16(4-8-22(15)24(33)32-14-17-2-6-19(26)7-3-17)5-9-23(25(29,30)31)18-11-20(27)13-21(28)12-18/h2-13,23H,14H2,1H3,(H,32,33)/b9-5+. The van der Waals surface area contributed by atoms with Gasteiger partial charge in [-0.05, 0) is 65.6 Å². The van der Waals surface area contributed by atoms with E-state index in [0.29, 0.717) is 28.3 Å². The van der Waals surface area contributed by atoms with Gasteiger partial charge in [-0.15, -0.1) is 0 Å². The first kappa shape index (κ1) is 25.2. The zero-order chi connectivity index (χ0) is 24.2. The molecule has 0 bridgehead atoms. The minimum Gasteiger partial charge on any atom is -0.348 e. The molecule has 1 N–H and O–H groups in total. The van der Waals surface area contributed by atoms with Crippen LogP contribution >= 0.6 is 34.8 Å². The van der Waals surface area contributed by atoms with Gasteiger partial charge in [0.05, 0.1) is 5.92 Å². The molecule has 0 spiro atoms. The maximum atomic E-state index is 13.7. The first-order valence-electron chi connectivity index (χ1n) is 9.87. The van der Waals surface area contributed by atoms with E-state index in [-0.39, 0.29) is 21.5 Å². The third-order valence-corrected chi connectivity index (χ3v) is 5.63. The Balaban J connectivity index is 1.76. The Morgan fingerprint density at radius 3 is 2.15 bits per heavy atom. The number of nitrogens with one attached hydrogen (secondary N) is 1. The van der Waals surface area contributed by atoms with Crippen LogP contribution in [0.4, 0.5) is 13.2 Å². The molecule has 0 aromatic heterocycles. The van der Waals surface area contributed by atoms with E-state index in [9.17, 15) is 18.0 Å². The Hall–Kier alpha value is -2.47. The number of benzene rings is 3. The van der Waals surface area contributed by atoms with Gasteiger partial charge < -0.3 is 5.32 Å². The lowest BCUT2D eigenvalue weighted by atomic mass is 9.96. The lowest BCUT2D eigenvalue weighted by Crippen LogP contribution is -2.23. The quantitative estimate of drug-likeness (QED) is 0.354. The Morgan fingerprint density at radius 1 is 0.939 bits per heavy atom. The summed E-state index contributed by atoms with van der Waals surface area (Å²) >= 11 is 17.6. The van der Waals surface area contributed by atoms with Crippen molar-refractivity contribution < 1.29 is 18.0 Å². The van der Waals surface area contributed by atoms with Crippen molar-refractivity contribution in [2.75, 3.05) is 0 Å². The molecule has 0 aliphatic heterocycles. The van der Waals surface area contributed by atoms with Gasteiger partial charge in [0.2, 0.25) is 0 Å². The smallest absolute Gasteiger partial charge is 0.348 e. The second kappa shape index (κ2) is 10.6. The largest absolute Gasteiger partial charge is 0.399 e. The van der Waals surface area contributed by atoms with Crippen LogP contribution in [0.15, 0.2) is 66.7 Å². The van der Waals surface area contributed by atoms with Crippen LogP contribution in [-0.4, -0.2) is 12.1 Å². The highest BCUT2D eigenvalue weighted by molar-refractivity contribution is 6.34. The van der Waals surface area contributed by atoms with Crippen molar-refractivity contribution in [3.63, 3.8) is 0 Å². The molecule has 3 aromatic rings. The van der Waals surface area contributed by atoms with Crippen LogP contribution in [-0.2, 0) is 6.54 Å². The zero-order valence-corrected chi connectivity index (χ0v) is 19.7. The minimum atomic E-state index is -4.53. The molecule has 1 unspecified atom stereocenters. The summed E-state index contributed by atoms with van der Waals surface area (Å²) in [7, 11) is 0. The summed E-state index contributed by atoms with van der Waals surface area (Å²) in [5, 5.41) is 3.69. The summed E-state index contributed by atoms with van der Waals surface area (Å²) in [5.41, 5.74) is 2.45. The molecule has 0 saturated heterocycles. The van der Waals surface area contributed by atoms with Crippen molar-refractivity contribution in [2.24, 2.45) is 0 Å². The van der Waals surface area contributed by atoms with Crippen LogP contribution in [0.25, 0.3) is 6.08 Å². The predicted molar refractivity (Wildman–Crippen MR) is 128 cm³/mol. The monoisotopic (exact) mass is 511 g/mol. The second-order valence-corrected chi connectivity index (χ2v) is 8.77. The van der Waals surface area contributed by atoms with Crippen LogP contribution in [0.2, 0.25) is 15.1 Å². The van der Waals surface area contributed by atoms with E-state index in [1.165, 1.54) is 24.3 Å². The Morgan fingerprint density at radius 2 is 1.58 bits per heavy atom. The van der Waals surface area contributed by atoms with Gasteiger partial charge in [-0.3, -0.25) is 4.79 Å². The highest BCUT2D eigenvalue weighted by Crippen LogP contribution is 2.38. The van der Waals surface area contributed by atoms with Crippen LogP contribution in [0.5, 0.6) is 0 Å². The average molecular weight is 513 g/mol. The molecule has 33 heavy (non-hydrogen) atoms. The maximum Gasteiger partial charge on any atom is 0.399 e. The SMILES string of the molecule is Cc1cc(/C=C/C(c2cc(Cl)cc(Cl)c2)C(F)(F)F)ccc1C(=O)NCc1ccc(Cl)cc1. The number of allylic oxidation sites excluding steroid dienone is 1. The van der Waals surface area contributed by atoms with Gasteiger partial charge in [0.25, 0.3) is 5.91 Å². The number of hydrogen-bond donors (Lipinski definition) is 1. The Kier molecular flexibility index (Phi) is 8.11. The fourth-order valence-corrected chi connectivity index (χ4v) is 3.97. The van der Waals surface area contributed by atoms with Gasteiger partial charge in [0, 0.05) is 27.2 Å². The molecule has 0 radical (unpaired) electrons. The number of hydrogen-bond acceptors (Lipinski definition) is 1. The molecule has 1 amide bonds. The van der Waals surface area contributed by atoms with Gasteiger partial charge in [0.15, 0.2) is 0 Å². The Bertz CT molecular complexity index is 1150. The summed E-state index contributed by atoms with van der Waals surface area (Å²) in [6.07, 6.45) is -2.10. The lowest BCUT2D eigenvalue weighted by Gasteiger charge is -2.18. The highest BCUT2D eigenvalue weighted by Gasteiger charge is 2.39. The molecule has 0 saturated carbocycles. The second-order valence-electron chi connectivity index (χ2n) is 7.46. The summed E-state index contributed by atoms with van der Waals surface area (Å²) in [4.78, 5) is 12.5. The van der Waals surface area contributed by atoms with Crippen molar-refractivity contribution in [1.29, 1.82) is 0 Å². The average Bonchev–Trinajstić information content (AvgIpc) is 2.71. The fourth-order valence-electron chi connectivity index (χ4n) is 3.30. The molecule has 3 aromatic carbocycles. The summed E-state index contributed by atoms with van der Waals surface area (Å²) in [6, 6.07) is 15.8. The van der Waals surface area contributed by atoms with E-state index < -0.39 is 12.1 Å². The molecule has 0 aliphatic rings. The molecule has 8 heteroatoms. The van der Waals surface area contributed by atoms with E-state index >= 15 is 0 Å². The van der Waals surface area contributed by atoms with Crippen molar-refractivity contribution in [3.8, 4) is 0 Å². The molecule has 1 atom stereocenters. The summed E-state index contributed by atoms with van der Waals surface area (Å²) in [6.45, 7) is 2.05. The number of amides is 1. The topological polar surface area (TPSA) is 29.1 Å². The van der Waals surface area contributed by atoms with Crippen molar-refractivity contribution >= 4 is 46.8 Å². The third-order valence-electron chi connectivity index (χ3n) is 4.94.